The van der Waals surface area contributed by atoms with Crippen molar-refractivity contribution in [1.29, 1.82) is 0 Å². The van der Waals surface area contributed by atoms with Crippen LogP contribution < -0.4 is 5.32 Å². The van der Waals surface area contributed by atoms with Gasteiger partial charge in [-0.3, -0.25) is 10.1 Å². The Morgan fingerprint density at radius 1 is 1.40 bits per heavy atom. The topological polar surface area (TPSA) is 58.4 Å². The second-order valence-corrected chi connectivity index (χ2v) is 5.72. The smallest absolute Gasteiger partial charge is 0.292 e. The molecule has 0 aromatic heterocycles. The van der Waals surface area contributed by atoms with Crippen molar-refractivity contribution >= 4 is 11.4 Å². The number of nitro benzene ring substituents is 1. The number of nitrogens with one attached hydrogen (secondary N) is 1. The molecular formula is C15H23N3O2. The van der Waals surface area contributed by atoms with E-state index in [2.05, 4.69) is 17.1 Å². The Bertz CT molecular complexity index is 470. The lowest BCUT2D eigenvalue weighted by atomic mass is 10.1. The normalized spacial score (nSPS) is 17.1. The molecule has 5 heteroatoms. The van der Waals surface area contributed by atoms with Crippen molar-refractivity contribution in [2.75, 3.05) is 31.5 Å². The number of anilines is 1. The van der Waals surface area contributed by atoms with Crippen molar-refractivity contribution in [1.82, 2.24) is 4.90 Å². The van der Waals surface area contributed by atoms with Gasteiger partial charge >= 0.3 is 0 Å². The molecule has 1 atom stereocenters. The second kappa shape index (κ2) is 6.70. The van der Waals surface area contributed by atoms with E-state index in [0.29, 0.717) is 11.6 Å². The summed E-state index contributed by atoms with van der Waals surface area (Å²) in [5.74, 6) is 0.479. The van der Waals surface area contributed by atoms with Crippen LogP contribution in [0.25, 0.3) is 0 Å². The third kappa shape index (κ3) is 3.70. The average molecular weight is 277 g/mol. The molecule has 0 spiro atoms. The van der Waals surface area contributed by atoms with Crippen molar-refractivity contribution in [2.45, 2.75) is 26.7 Å². The van der Waals surface area contributed by atoms with Crippen molar-refractivity contribution in [3.63, 3.8) is 0 Å². The molecule has 1 aliphatic heterocycles. The van der Waals surface area contributed by atoms with Gasteiger partial charge in [-0.15, -0.1) is 0 Å². The quantitative estimate of drug-likeness (QED) is 0.641. The highest BCUT2D eigenvalue weighted by atomic mass is 16.6. The molecule has 1 fully saturated rings. The second-order valence-electron chi connectivity index (χ2n) is 5.72. The fourth-order valence-corrected chi connectivity index (χ4v) is 2.78. The van der Waals surface area contributed by atoms with Gasteiger partial charge in [-0.2, -0.15) is 0 Å². The van der Waals surface area contributed by atoms with E-state index in [1.807, 2.05) is 13.0 Å². The van der Waals surface area contributed by atoms with Gasteiger partial charge in [0.05, 0.1) is 4.92 Å². The van der Waals surface area contributed by atoms with Gasteiger partial charge in [0.1, 0.15) is 5.69 Å². The molecule has 5 nitrogen and oxygen atoms in total. The molecule has 0 saturated carbocycles. The van der Waals surface area contributed by atoms with E-state index < -0.39 is 0 Å². The molecule has 1 unspecified atom stereocenters. The maximum atomic E-state index is 11.1. The lowest BCUT2D eigenvalue weighted by Crippen LogP contribution is -2.29. The summed E-state index contributed by atoms with van der Waals surface area (Å²) in [6, 6.07) is 5.19. The zero-order chi connectivity index (χ0) is 14.5. The highest BCUT2D eigenvalue weighted by Gasteiger charge is 2.18. The summed E-state index contributed by atoms with van der Waals surface area (Å²) in [5.41, 5.74) is 1.75. The molecular weight excluding hydrogens is 254 g/mol. The van der Waals surface area contributed by atoms with Crippen LogP contribution in [-0.4, -0.2) is 36.0 Å². The number of para-hydroxylation sites is 1. The van der Waals surface area contributed by atoms with Gasteiger partial charge < -0.3 is 10.2 Å². The van der Waals surface area contributed by atoms with Gasteiger partial charge in [-0.25, -0.2) is 0 Å². The third-order valence-corrected chi connectivity index (χ3v) is 3.84. The van der Waals surface area contributed by atoms with Gasteiger partial charge in [-0.1, -0.05) is 19.1 Å². The van der Waals surface area contributed by atoms with E-state index in [4.69, 9.17) is 0 Å². The van der Waals surface area contributed by atoms with Crippen LogP contribution in [0.15, 0.2) is 18.2 Å². The number of hydrogen-bond acceptors (Lipinski definition) is 4. The van der Waals surface area contributed by atoms with Crippen LogP contribution in [0.5, 0.6) is 0 Å². The molecule has 0 aliphatic carbocycles. The minimum absolute atomic E-state index is 0.165. The van der Waals surface area contributed by atoms with Crippen molar-refractivity contribution < 1.29 is 4.92 Å². The fraction of sp³-hybridized carbons (Fsp3) is 0.600. The first-order valence-electron chi connectivity index (χ1n) is 7.28. The lowest BCUT2D eigenvalue weighted by molar-refractivity contribution is -0.384. The van der Waals surface area contributed by atoms with E-state index in [1.54, 1.807) is 12.1 Å². The highest BCUT2D eigenvalue weighted by molar-refractivity contribution is 5.65. The predicted octanol–water partition coefficient (Wildman–Crippen LogP) is 3.05. The molecule has 0 radical (unpaired) electrons. The standard InChI is InChI=1S/C15H23N3O2/c1-12(11-17-8-3-4-9-17)10-16-15-13(2)6-5-7-14(15)18(19)20/h5-7,12,16H,3-4,8-11H2,1-2H3. The number of nitrogens with zero attached hydrogens (tertiary/aromatic N) is 2. The van der Waals surface area contributed by atoms with E-state index in [9.17, 15) is 10.1 Å². The van der Waals surface area contributed by atoms with Gasteiger partial charge in [0.15, 0.2) is 0 Å². The van der Waals surface area contributed by atoms with Crippen molar-refractivity contribution in [2.24, 2.45) is 5.92 Å². The summed E-state index contributed by atoms with van der Waals surface area (Å²) in [7, 11) is 0. The Balaban J connectivity index is 1.94. The number of likely N-dealkylation sites (tertiary alicyclic amines) is 1. The van der Waals surface area contributed by atoms with Crippen LogP contribution in [0.3, 0.4) is 0 Å². The Morgan fingerprint density at radius 3 is 2.75 bits per heavy atom. The summed E-state index contributed by atoms with van der Waals surface area (Å²) in [5, 5.41) is 14.3. The first kappa shape index (κ1) is 14.8. The maximum absolute atomic E-state index is 11.1. The predicted molar refractivity (Wildman–Crippen MR) is 81.2 cm³/mol. The van der Waals surface area contributed by atoms with Crippen LogP contribution >= 0.6 is 0 Å². The fourth-order valence-electron chi connectivity index (χ4n) is 2.78. The van der Waals surface area contributed by atoms with Crippen molar-refractivity contribution in [3.8, 4) is 0 Å². The minimum atomic E-state index is -0.319. The summed E-state index contributed by atoms with van der Waals surface area (Å²) < 4.78 is 0. The molecule has 1 aliphatic rings. The summed E-state index contributed by atoms with van der Waals surface area (Å²) in [6.45, 7) is 8.30. The maximum Gasteiger partial charge on any atom is 0.292 e. The number of benzene rings is 1. The molecule has 0 amide bonds. The molecule has 2 rings (SSSR count). The number of rotatable bonds is 6. The Morgan fingerprint density at radius 2 is 2.10 bits per heavy atom. The van der Waals surface area contributed by atoms with Gasteiger partial charge in [0.25, 0.3) is 5.69 Å². The summed E-state index contributed by atoms with van der Waals surface area (Å²) in [4.78, 5) is 13.2. The number of nitro groups is 1. The lowest BCUT2D eigenvalue weighted by Gasteiger charge is -2.21. The Labute approximate surface area is 120 Å². The van der Waals surface area contributed by atoms with E-state index in [1.165, 1.54) is 25.9 Å². The summed E-state index contributed by atoms with van der Waals surface area (Å²) in [6.07, 6.45) is 2.59. The molecule has 0 bridgehead atoms. The van der Waals surface area contributed by atoms with Gasteiger partial charge in [0, 0.05) is 19.2 Å². The SMILES string of the molecule is Cc1cccc([N+](=O)[O-])c1NCC(C)CN1CCCC1. The van der Waals surface area contributed by atoms with Crippen molar-refractivity contribution in [3.05, 3.63) is 33.9 Å². The monoisotopic (exact) mass is 277 g/mol. The van der Waals surface area contributed by atoms with E-state index >= 15 is 0 Å². The van der Waals surface area contributed by atoms with Crippen LogP contribution in [0.4, 0.5) is 11.4 Å². The average Bonchev–Trinajstić information content (AvgIpc) is 2.89. The molecule has 20 heavy (non-hydrogen) atoms. The first-order chi connectivity index (χ1) is 9.58. The highest BCUT2D eigenvalue weighted by Crippen LogP contribution is 2.27. The summed E-state index contributed by atoms with van der Waals surface area (Å²) >= 11 is 0. The molecule has 1 saturated heterocycles. The van der Waals surface area contributed by atoms with Crippen LogP contribution in [0.2, 0.25) is 0 Å². The third-order valence-electron chi connectivity index (χ3n) is 3.84. The van der Waals surface area contributed by atoms with E-state index in [-0.39, 0.29) is 10.6 Å². The Hall–Kier alpha value is -1.62. The van der Waals surface area contributed by atoms with E-state index in [0.717, 1.165) is 18.7 Å². The Kier molecular flexibility index (Phi) is 4.95. The number of hydrogen-bond donors (Lipinski definition) is 1. The largest absolute Gasteiger partial charge is 0.379 e. The zero-order valence-corrected chi connectivity index (χ0v) is 12.3. The molecule has 1 N–H and O–H groups in total. The van der Waals surface area contributed by atoms with Gasteiger partial charge in [-0.05, 0) is 44.3 Å². The zero-order valence-electron chi connectivity index (χ0n) is 12.3. The molecule has 1 aromatic carbocycles. The minimum Gasteiger partial charge on any atom is -0.379 e. The molecule has 1 heterocycles. The first-order valence-corrected chi connectivity index (χ1v) is 7.28. The van der Waals surface area contributed by atoms with Crippen LogP contribution in [0.1, 0.15) is 25.3 Å². The van der Waals surface area contributed by atoms with Crippen LogP contribution in [-0.2, 0) is 0 Å². The van der Waals surface area contributed by atoms with Crippen LogP contribution in [0, 0.1) is 23.0 Å². The molecule has 110 valence electrons. The molecule has 1 aromatic rings. The van der Waals surface area contributed by atoms with Gasteiger partial charge in [0.2, 0.25) is 0 Å². The number of aryl methyl sites for hydroxylation is 1.